The van der Waals surface area contributed by atoms with Crippen molar-refractivity contribution in [2.45, 2.75) is 32.7 Å². The fourth-order valence-corrected chi connectivity index (χ4v) is 4.56. The van der Waals surface area contributed by atoms with Gasteiger partial charge in [0.1, 0.15) is 18.2 Å². The van der Waals surface area contributed by atoms with E-state index in [1.54, 1.807) is 19.5 Å². The summed E-state index contributed by atoms with van der Waals surface area (Å²) in [4.78, 5) is 12.1. The summed E-state index contributed by atoms with van der Waals surface area (Å²) in [6, 6.07) is 11.3. The number of halogens is 1. The summed E-state index contributed by atoms with van der Waals surface area (Å²) in [5, 5.41) is 4.37. The number of piperidine rings is 1. The molecule has 6 nitrogen and oxygen atoms in total. The summed E-state index contributed by atoms with van der Waals surface area (Å²) in [7, 11) is 1.67. The van der Waals surface area contributed by atoms with E-state index in [-0.39, 0.29) is 11.9 Å². The topological polar surface area (TPSA) is 51.9 Å². The van der Waals surface area contributed by atoms with Crippen molar-refractivity contribution in [3.05, 3.63) is 82.7 Å². The van der Waals surface area contributed by atoms with E-state index in [0.29, 0.717) is 12.2 Å². The summed E-state index contributed by atoms with van der Waals surface area (Å²) in [6.07, 6.45) is 7.72. The molecule has 0 saturated carbocycles. The second kappa shape index (κ2) is 8.73. The molecule has 1 atom stereocenters. The zero-order valence-electron chi connectivity index (χ0n) is 19.1. The van der Waals surface area contributed by atoms with Crippen LogP contribution < -0.4 is 4.74 Å². The minimum atomic E-state index is -0.198. The van der Waals surface area contributed by atoms with Crippen LogP contribution in [-0.4, -0.2) is 40.5 Å². The van der Waals surface area contributed by atoms with Crippen LogP contribution in [0.25, 0.3) is 11.8 Å². The minimum Gasteiger partial charge on any atom is -0.495 e. The summed E-state index contributed by atoms with van der Waals surface area (Å²) in [5.74, 6) is 1.35. The first kappa shape index (κ1) is 21.2. The van der Waals surface area contributed by atoms with Gasteiger partial charge in [-0.1, -0.05) is 23.4 Å². The largest absolute Gasteiger partial charge is 0.495 e. The van der Waals surface area contributed by atoms with Crippen molar-refractivity contribution < 1.29 is 14.0 Å². The fraction of sp³-hybridized carbons (Fsp3) is 0.308. The highest BCUT2D eigenvalue weighted by atomic mass is 19.1. The Morgan fingerprint density at radius 2 is 2.06 bits per heavy atom. The van der Waals surface area contributed by atoms with Crippen LogP contribution in [0.3, 0.4) is 0 Å². The lowest BCUT2D eigenvalue weighted by atomic mass is 9.95. The Labute approximate surface area is 192 Å². The molecule has 3 aromatic rings. The number of nitrogens with zero attached hydrogens (tertiary/aromatic N) is 4. The predicted molar refractivity (Wildman–Crippen MR) is 126 cm³/mol. The molecule has 0 radical (unpaired) electrons. The number of oxime groups is 1. The lowest BCUT2D eigenvalue weighted by molar-refractivity contribution is 0.0561. The number of rotatable bonds is 4. The average Bonchev–Trinajstić information content (AvgIpc) is 3.25. The van der Waals surface area contributed by atoms with Gasteiger partial charge in [-0.15, -0.1) is 0 Å². The Bertz CT molecular complexity index is 1250. The standard InChI is InChI=1S/C26H27FN4O2/c1-17-6-8-21(22(27)11-17)24-15-33-29-26-20(5-4-10-31(24)26)12-19-7-9-23(25(13-19)32-3)30-14-18(2)28-16-30/h6-9,11-14,16,24H,4-5,10,15H2,1-3H3/b20-12+. The number of fused-ring (bicyclic) bond motifs is 1. The zero-order valence-corrected chi connectivity index (χ0v) is 19.1. The van der Waals surface area contributed by atoms with Crippen molar-refractivity contribution in [3.63, 3.8) is 0 Å². The summed E-state index contributed by atoms with van der Waals surface area (Å²) in [5.41, 5.74) is 5.52. The summed E-state index contributed by atoms with van der Waals surface area (Å²) >= 11 is 0. The van der Waals surface area contributed by atoms with Crippen molar-refractivity contribution in [3.8, 4) is 11.4 Å². The van der Waals surface area contributed by atoms with Crippen LogP contribution in [0.5, 0.6) is 5.75 Å². The van der Waals surface area contributed by atoms with Crippen molar-refractivity contribution in [1.82, 2.24) is 14.5 Å². The van der Waals surface area contributed by atoms with Crippen molar-refractivity contribution in [2.75, 3.05) is 20.3 Å². The van der Waals surface area contributed by atoms with Crippen LogP contribution in [-0.2, 0) is 4.84 Å². The van der Waals surface area contributed by atoms with Crippen molar-refractivity contribution in [1.29, 1.82) is 0 Å². The van der Waals surface area contributed by atoms with Gasteiger partial charge in [0.2, 0.25) is 0 Å². The molecule has 2 aromatic carbocycles. The Kier molecular flexibility index (Phi) is 5.62. The molecule has 33 heavy (non-hydrogen) atoms. The Morgan fingerprint density at radius 1 is 1.18 bits per heavy atom. The molecule has 3 heterocycles. The molecular formula is C26H27FN4O2. The molecular weight excluding hydrogens is 419 g/mol. The molecule has 1 unspecified atom stereocenters. The number of ether oxygens (including phenoxy) is 1. The number of amidine groups is 1. The van der Waals surface area contributed by atoms with Gasteiger partial charge in [-0.25, -0.2) is 9.37 Å². The van der Waals surface area contributed by atoms with E-state index >= 15 is 0 Å². The highest BCUT2D eigenvalue weighted by molar-refractivity contribution is 6.03. The smallest absolute Gasteiger partial charge is 0.172 e. The van der Waals surface area contributed by atoms with Gasteiger partial charge in [-0.2, -0.15) is 0 Å². The van der Waals surface area contributed by atoms with Gasteiger partial charge in [-0.3, -0.25) is 0 Å². The van der Waals surface area contributed by atoms with Crippen molar-refractivity contribution in [2.24, 2.45) is 5.16 Å². The van der Waals surface area contributed by atoms with E-state index in [4.69, 9.17) is 9.57 Å². The SMILES string of the molecule is COc1cc(/C=C2\CCCN3C2=NOCC3c2ccc(C)cc2F)ccc1-n1cnc(C)c1. The second-order valence-corrected chi connectivity index (χ2v) is 8.57. The molecule has 0 aliphatic carbocycles. The number of imidazole rings is 1. The molecule has 0 bridgehead atoms. The van der Waals surface area contributed by atoms with Crippen LogP contribution in [0.2, 0.25) is 0 Å². The number of hydrogen-bond acceptors (Lipinski definition) is 5. The zero-order chi connectivity index (χ0) is 22.9. The summed E-state index contributed by atoms with van der Waals surface area (Å²) < 4.78 is 22.4. The van der Waals surface area contributed by atoms with Crippen molar-refractivity contribution >= 4 is 11.9 Å². The van der Waals surface area contributed by atoms with Crippen LogP contribution >= 0.6 is 0 Å². The molecule has 1 saturated heterocycles. The molecule has 0 amide bonds. The van der Waals surface area contributed by atoms with Crippen LogP contribution in [0.1, 0.15) is 41.3 Å². The molecule has 1 aromatic heterocycles. The first-order chi connectivity index (χ1) is 16.0. The number of aryl methyl sites for hydroxylation is 2. The van der Waals surface area contributed by atoms with Gasteiger partial charge in [0, 0.05) is 18.3 Å². The Hall–Kier alpha value is -3.61. The average molecular weight is 447 g/mol. The van der Waals surface area contributed by atoms with Gasteiger partial charge in [0.15, 0.2) is 5.84 Å². The lowest BCUT2D eigenvalue weighted by Gasteiger charge is -2.40. The molecule has 0 N–H and O–H groups in total. The van der Waals surface area contributed by atoms with Gasteiger partial charge in [-0.05, 0) is 67.7 Å². The molecule has 1 fully saturated rings. The maximum Gasteiger partial charge on any atom is 0.172 e. The predicted octanol–water partition coefficient (Wildman–Crippen LogP) is 5.20. The number of hydrogen-bond donors (Lipinski definition) is 0. The molecule has 7 heteroatoms. The maximum absolute atomic E-state index is 14.7. The van der Waals surface area contributed by atoms with Gasteiger partial charge >= 0.3 is 0 Å². The van der Waals surface area contributed by atoms with E-state index in [2.05, 4.69) is 27.2 Å². The first-order valence-electron chi connectivity index (χ1n) is 11.2. The van der Waals surface area contributed by atoms with Gasteiger partial charge in [0.05, 0.1) is 30.9 Å². The minimum absolute atomic E-state index is 0.191. The molecule has 170 valence electrons. The third kappa shape index (κ3) is 4.11. The van der Waals surface area contributed by atoms with E-state index in [9.17, 15) is 4.39 Å². The number of benzene rings is 2. The van der Waals surface area contributed by atoms with E-state index in [1.165, 1.54) is 0 Å². The number of aromatic nitrogens is 2. The van der Waals surface area contributed by atoms with Crippen LogP contribution in [0.15, 0.2) is 59.7 Å². The Balaban J connectivity index is 1.46. The highest BCUT2D eigenvalue weighted by Crippen LogP contribution is 2.34. The quantitative estimate of drug-likeness (QED) is 0.553. The first-order valence-corrected chi connectivity index (χ1v) is 11.2. The van der Waals surface area contributed by atoms with E-state index in [1.807, 2.05) is 48.9 Å². The van der Waals surface area contributed by atoms with Gasteiger partial charge < -0.3 is 19.0 Å². The summed E-state index contributed by atoms with van der Waals surface area (Å²) in [6.45, 7) is 5.01. The van der Waals surface area contributed by atoms with E-state index < -0.39 is 0 Å². The number of methoxy groups -OCH3 is 1. The van der Waals surface area contributed by atoms with Gasteiger partial charge in [0.25, 0.3) is 0 Å². The fourth-order valence-electron chi connectivity index (χ4n) is 4.56. The second-order valence-electron chi connectivity index (χ2n) is 8.57. The lowest BCUT2D eigenvalue weighted by Crippen LogP contribution is -2.44. The normalized spacial score (nSPS) is 19.2. The molecule has 2 aliphatic heterocycles. The Morgan fingerprint density at radius 3 is 2.82 bits per heavy atom. The third-order valence-corrected chi connectivity index (χ3v) is 6.21. The molecule has 2 aliphatic rings. The third-order valence-electron chi connectivity index (χ3n) is 6.21. The molecule has 0 spiro atoms. The molecule has 5 rings (SSSR count). The maximum atomic E-state index is 14.7. The van der Waals surface area contributed by atoms with E-state index in [0.717, 1.165) is 59.1 Å². The van der Waals surface area contributed by atoms with Crippen LogP contribution in [0, 0.1) is 19.7 Å². The van der Waals surface area contributed by atoms with Crippen LogP contribution in [0.4, 0.5) is 4.39 Å². The highest BCUT2D eigenvalue weighted by Gasteiger charge is 2.34. The monoisotopic (exact) mass is 446 g/mol.